The number of hydrogen-bond donors (Lipinski definition) is 0. The third kappa shape index (κ3) is 3.84. The van der Waals surface area contributed by atoms with Crippen molar-refractivity contribution in [2.45, 2.75) is 30.4 Å². The van der Waals surface area contributed by atoms with Crippen molar-refractivity contribution >= 4 is 20.9 Å². The van der Waals surface area contributed by atoms with Crippen LogP contribution in [-0.4, -0.2) is 35.8 Å². The fraction of sp³-hybridized carbons (Fsp3) is 0.217. The second kappa shape index (κ2) is 7.87. The van der Waals surface area contributed by atoms with E-state index in [0.29, 0.717) is 40.8 Å². The highest BCUT2D eigenvalue weighted by Gasteiger charge is 2.30. The second-order valence-corrected chi connectivity index (χ2v) is 9.89. The Morgan fingerprint density at radius 1 is 1.15 bits per heavy atom. The quantitative estimate of drug-likeness (QED) is 0.417. The SMILES string of the molecule is CS(=O)(=O)c1cncc(-c2cc3c(cc2F)nc2n3[C@H](c3ccccc3OC(F)F)CC2)c1. The van der Waals surface area contributed by atoms with Crippen LogP contribution in [0.4, 0.5) is 13.2 Å². The Balaban J connectivity index is 1.66. The highest BCUT2D eigenvalue weighted by molar-refractivity contribution is 7.90. The fourth-order valence-electron chi connectivity index (χ4n) is 4.33. The Morgan fingerprint density at radius 2 is 1.94 bits per heavy atom. The molecule has 4 aromatic rings. The maximum Gasteiger partial charge on any atom is 0.387 e. The van der Waals surface area contributed by atoms with Gasteiger partial charge in [-0.05, 0) is 24.6 Å². The summed E-state index contributed by atoms with van der Waals surface area (Å²) in [5, 5.41) is 0. The normalized spacial score (nSPS) is 15.8. The van der Waals surface area contributed by atoms with Crippen LogP contribution in [-0.2, 0) is 16.3 Å². The van der Waals surface area contributed by atoms with Gasteiger partial charge in [0, 0.05) is 47.8 Å². The van der Waals surface area contributed by atoms with Crippen molar-refractivity contribution in [1.29, 1.82) is 0 Å². The van der Waals surface area contributed by atoms with E-state index in [2.05, 4.69) is 9.97 Å². The van der Waals surface area contributed by atoms with Crippen LogP contribution in [0.3, 0.4) is 0 Å². The summed E-state index contributed by atoms with van der Waals surface area (Å²) in [6.07, 6.45) is 4.87. The lowest BCUT2D eigenvalue weighted by Crippen LogP contribution is -2.10. The van der Waals surface area contributed by atoms with Gasteiger partial charge in [0.1, 0.15) is 17.4 Å². The number of fused-ring (bicyclic) bond motifs is 3. The summed E-state index contributed by atoms with van der Waals surface area (Å²) in [7, 11) is -3.52. The molecule has 170 valence electrons. The van der Waals surface area contributed by atoms with E-state index < -0.39 is 22.3 Å². The number of alkyl halides is 2. The fourth-order valence-corrected chi connectivity index (χ4v) is 4.92. The molecule has 0 fully saturated rings. The second-order valence-electron chi connectivity index (χ2n) is 7.87. The van der Waals surface area contributed by atoms with Crippen molar-refractivity contribution in [2.24, 2.45) is 0 Å². The van der Waals surface area contributed by atoms with E-state index in [0.717, 1.165) is 6.26 Å². The highest BCUT2D eigenvalue weighted by atomic mass is 32.2. The summed E-state index contributed by atoms with van der Waals surface area (Å²) in [4.78, 5) is 8.47. The number of pyridine rings is 1. The summed E-state index contributed by atoms with van der Waals surface area (Å²) >= 11 is 0. The molecular weight excluding hydrogens is 455 g/mol. The number of hydrogen-bond acceptors (Lipinski definition) is 5. The standard InChI is InChI=1S/C23H18F3N3O3S/c1-33(30,31)14-8-13(11-27-12-14)16-9-20-18(10-17(16)24)28-22-7-6-19(29(20)22)15-4-2-3-5-21(15)32-23(25)26/h2-5,8-12,19,23H,6-7H2,1H3/t19-/m0/s1. The van der Waals surface area contributed by atoms with Crippen LogP contribution in [0.5, 0.6) is 5.75 Å². The molecule has 0 unspecified atom stereocenters. The van der Waals surface area contributed by atoms with E-state index in [1.807, 2.05) is 4.57 Å². The van der Waals surface area contributed by atoms with Gasteiger partial charge in [0.15, 0.2) is 9.84 Å². The molecule has 0 aliphatic carbocycles. The Labute approximate surface area is 187 Å². The molecule has 1 atom stereocenters. The van der Waals surface area contributed by atoms with E-state index in [9.17, 15) is 21.6 Å². The molecule has 5 rings (SSSR count). The van der Waals surface area contributed by atoms with Gasteiger partial charge < -0.3 is 9.30 Å². The zero-order valence-electron chi connectivity index (χ0n) is 17.4. The van der Waals surface area contributed by atoms with Gasteiger partial charge in [-0.15, -0.1) is 0 Å². The number of nitrogens with zero attached hydrogens (tertiary/aromatic N) is 3. The Kier molecular flexibility index (Phi) is 5.12. The zero-order valence-corrected chi connectivity index (χ0v) is 18.2. The maximum absolute atomic E-state index is 15.0. The predicted octanol–water partition coefficient (Wildman–Crippen LogP) is 4.78. The summed E-state index contributed by atoms with van der Waals surface area (Å²) in [6.45, 7) is -2.96. The van der Waals surface area contributed by atoms with Gasteiger partial charge in [-0.2, -0.15) is 8.78 Å². The van der Waals surface area contributed by atoms with Crippen LogP contribution in [0.2, 0.25) is 0 Å². The van der Waals surface area contributed by atoms with Crippen LogP contribution < -0.4 is 4.74 Å². The van der Waals surface area contributed by atoms with Gasteiger partial charge in [-0.3, -0.25) is 4.98 Å². The van der Waals surface area contributed by atoms with E-state index in [-0.39, 0.29) is 22.3 Å². The summed E-state index contributed by atoms with van der Waals surface area (Å²) in [5.74, 6) is 0.228. The third-order valence-corrected chi connectivity index (χ3v) is 6.83. The molecule has 1 aliphatic heterocycles. The Morgan fingerprint density at radius 3 is 2.70 bits per heavy atom. The molecule has 0 saturated heterocycles. The molecule has 0 N–H and O–H groups in total. The number of sulfone groups is 1. The van der Waals surface area contributed by atoms with Crippen molar-refractivity contribution in [3.63, 3.8) is 0 Å². The smallest absolute Gasteiger partial charge is 0.387 e. The first kappa shape index (κ1) is 21.4. The minimum absolute atomic E-state index is 0.0195. The van der Waals surface area contributed by atoms with Crippen LogP contribution >= 0.6 is 0 Å². The van der Waals surface area contributed by atoms with E-state index in [1.54, 1.807) is 24.3 Å². The van der Waals surface area contributed by atoms with Gasteiger partial charge in [0.2, 0.25) is 0 Å². The molecule has 0 bridgehead atoms. The molecular formula is C23H18F3N3O3S. The zero-order chi connectivity index (χ0) is 23.3. The number of para-hydroxylation sites is 1. The van der Waals surface area contributed by atoms with Crippen molar-refractivity contribution in [2.75, 3.05) is 6.26 Å². The first-order valence-corrected chi connectivity index (χ1v) is 12.0. The Bertz CT molecular complexity index is 1490. The highest BCUT2D eigenvalue weighted by Crippen LogP contribution is 2.41. The maximum atomic E-state index is 15.0. The lowest BCUT2D eigenvalue weighted by molar-refractivity contribution is -0.0506. The Hall–Kier alpha value is -3.40. The topological polar surface area (TPSA) is 74.1 Å². The lowest BCUT2D eigenvalue weighted by atomic mass is 10.0. The molecule has 0 amide bonds. The largest absolute Gasteiger partial charge is 0.434 e. The summed E-state index contributed by atoms with van der Waals surface area (Å²) in [6, 6.07) is 10.5. The van der Waals surface area contributed by atoms with Gasteiger partial charge >= 0.3 is 6.61 Å². The van der Waals surface area contributed by atoms with Crippen molar-refractivity contribution < 1.29 is 26.3 Å². The minimum atomic E-state index is -3.52. The molecule has 6 nitrogen and oxygen atoms in total. The molecule has 3 heterocycles. The van der Waals surface area contributed by atoms with Gasteiger partial charge in [0.25, 0.3) is 0 Å². The monoisotopic (exact) mass is 473 g/mol. The molecule has 2 aromatic carbocycles. The average molecular weight is 473 g/mol. The number of halogens is 3. The minimum Gasteiger partial charge on any atom is -0.434 e. The van der Waals surface area contributed by atoms with Crippen molar-refractivity contribution in [1.82, 2.24) is 14.5 Å². The van der Waals surface area contributed by atoms with Crippen LogP contribution in [0, 0.1) is 5.82 Å². The van der Waals surface area contributed by atoms with E-state index in [4.69, 9.17) is 4.74 Å². The van der Waals surface area contributed by atoms with Crippen LogP contribution in [0.25, 0.3) is 22.2 Å². The first-order chi connectivity index (χ1) is 15.7. The van der Waals surface area contributed by atoms with Crippen LogP contribution in [0.1, 0.15) is 23.9 Å². The third-order valence-electron chi connectivity index (χ3n) is 5.75. The number of ether oxygens (including phenoxy) is 1. The van der Waals surface area contributed by atoms with Gasteiger partial charge in [0.05, 0.1) is 22.0 Å². The molecule has 0 radical (unpaired) electrons. The molecule has 33 heavy (non-hydrogen) atoms. The number of aromatic nitrogens is 3. The number of imidazole rings is 1. The molecule has 0 spiro atoms. The number of benzene rings is 2. The number of rotatable bonds is 5. The molecule has 0 saturated carbocycles. The lowest BCUT2D eigenvalue weighted by Gasteiger charge is -2.19. The van der Waals surface area contributed by atoms with E-state index in [1.165, 1.54) is 30.6 Å². The molecule has 2 aromatic heterocycles. The average Bonchev–Trinajstić information content (AvgIpc) is 3.31. The molecule has 1 aliphatic rings. The van der Waals surface area contributed by atoms with Crippen LogP contribution in [0.15, 0.2) is 59.8 Å². The van der Waals surface area contributed by atoms with Crippen molar-refractivity contribution in [3.05, 3.63) is 72.1 Å². The summed E-state index contributed by atoms with van der Waals surface area (Å²) in [5.41, 5.74) is 2.10. The van der Waals surface area contributed by atoms with Crippen molar-refractivity contribution in [3.8, 4) is 16.9 Å². The van der Waals surface area contributed by atoms with Gasteiger partial charge in [-0.25, -0.2) is 17.8 Å². The van der Waals surface area contributed by atoms with E-state index >= 15 is 0 Å². The molecule has 10 heteroatoms. The predicted molar refractivity (Wildman–Crippen MR) is 116 cm³/mol. The first-order valence-electron chi connectivity index (χ1n) is 10.1. The van der Waals surface area contributed by atoms with Gasteiger partial charge in [-0.1, -0.05) is 18.2 Å². The number of aryl methyl sites for hydroxylation is 1. The summed E-state index contributed by atoms with van der Waals surface area (Å²) < 4.78 is 71.4.